The van der Waals surface area contributed by atoms with Crippen molar-refractivity contribution >= 4 is 12.2 Å². The van der Waals surface area contributed by atoms with E-state index in [2.05, 4.69) is 37.0 Å². The zero-order valence-electron chi connectivity index (χ0n) is 8.24. The molecule has 0 atom stereocenters. The number of benzene rings is 1. The van der Waals surface area contributed by atoms with E-state index in [9.17, 15) is 0 Å². The number of imidazole rings is 1. The lowest BCUT2D eigenvalue weighted by atomic mass is 10.1. The molecule has 0 aliphatic rings. The number of nitrogens with one attached hydrogen (secondary N) is 1. The number of nitrogens with zero attached hydrogens (tertiary/aromatic N) is 1. The van der Waals surface area contributed by atoms with Crippen LogP contribution in [0, 0.1) is 18.6 Å². The average Bonchev–Trinajstić information content (AvgIpc) is 2.52. The van der Waals surface area contributed by atoms with Crippen LogP contribution in [0.25, 0.3) is 5.69 Å². The maximum absolute atomic E-state index is 5.19. The molecule has 2 aromatic rings. The smallest absolute Gasteiger partial charge is 0.181 e. The van der Waals surface area contributed by atoms with Gasteiger partial charge in [0.05, 0.1) is 5.69 Å². The van der Waals surface area contributed by atoms with Crippen LogP contribution in [0.15, 0.2) is 30.6 Å². The molecule has 1 aromatic carbocycles. The van der Waals surface area contributed by atoms with Gasteiger partial charge in [0.25, 0.3) is 0 Å². The number of hydrogen-bond acceptors (Lipinski definition) is 1. The predicted molar refractivity (Wildman–Crippen MR) is 60.4 cm³/mol. The molecule has 0 aliphatic carbocycles. The number of para-hydroxylation sites is 1. The predicted octanol–water partition coefficient (Wildman–Crippen LogP) is 3.15. The van der Waals surface area contributed by atoms with Gasteiger partial charge >= 0.3 is 0 Å². The van der Waals surface area contributed by atoms with E-state index in [-0.39, 0.29) is 0 Å². The molecule has 1 N–H and O–H groups in total. The molecule has 0 fully saturated rings. The average molecular weight is 204 g/mol. The Balaban J connectivity index is 2.74. The van der Waals surface area contributed by atoms with Crippen LogP contribution in [0.1, 0.15) is 11.1 Å². The molecule has 0 saturated heterocycles. The minimum Gasteiger partial charge on any atom is -0.337 e. The first kappa shape index (κ1) is 9.21. The van der Waals surface area contributed by atoms with Crippen LogP contribution >= 0.6 is 12.2 Å². The van der Waals surface area contributed by atoms with Gasteiger partial charge in [-0.25, -0.2) is 0 Å². The van der Waals surface area contributed by atoms with Crippen molar-refractivity contribution < 1.29 is 0 Å². The third-order valence-corrected chi connectivity index (χ3v) is 2.64. The van der Waals surface area contributed by atoms with E-state index in [4.69, 9.17) is 12.2 Å². The minimum absolute atomic E-state index is 0.738. The Hall–Kier alpha value is -1.35. The van der Waals surface area contributed by atoms with Crippen LogP contribution in [-0.2, 0) is 0 Å². The molecule has 1 aromatic heterocycles. The Labute approximate surface area is 88.2 Å². The Morgan fingerprint density at radius 3 is 2.36 bits per heavy atom. The lowest BCUT2D eigenvalue weighted by Gasteiger charge is -2.09. The van der Waals surface area contributed by atoms with Gasteiger partial charge < -0.3 is 4.98 Å². The van der Waals surface area contributed by atoms with Crippen molar-refractivity contribution in [2.24, 2.45) is 0 Å². The summed E-state index contributed by atoms with van der Waals surface area (Å²) in [6.45, 7) is 4.19. The number of aryl methyl sites for hydroxylation is 2. The van der Waals surface area contributed by atoms with Crippen LogP contribution < -0.4 is 0 Å². The highest BCUT2D eigenvalue weighted by Gasteiger charge is 2.04. The van der Waals surface area contributed by atoms with Gasteiger partial charge in [-0.2, -0.15) is 0 Å². The maximum Gasteiger partial charge on any atom is 0.181 e. The van der Waals surface area contributed by atoms with Gasteiger partial charge in [-0.1, -0.05) is 18.2 Å². The Morgan fingerprint density at radius 2 is 1.86 bits per heavy atom. The number of rotatable bonds is 1. The van der Waals surface area contributed by atoms with E-state index < -0.39 is 0 Å². The van der Waals surface area contributed by atoms with Gasteiger partial charge in [0, 0.05) is 12.4 Å². The highest BCUT2D eigenvalue weighted by Crippen LogP contribution is 2.18. The molecule has 3 heteroatoms. The van der Waals surface area contributed by atoms with Gasteiger partial charge in [-0.3, -0.25) is 4.57 Å². The summed E-state index contributed by atoms with van der Waals surface area (Å²) in [5.41, 5.74) is 3.65. The largest absolute Gasteiger partial charge is 0.337 e. The summed E-state index contributed by atoms with van der Waals surface area (Å²) >= 11 is 5.19. The fraction of sp³-hybridized carbons (Fsp3) is 0.182. The summed E-state index contributed by atoms with van der Waals surface area (Å²) < 4.78 is 2.74. The third-order valence-electron chi connectivity index (χ3n) is 2.33. The van der Waals surface area contributed by atoms with Crippen molar-refractivity contribution in [3.8, 4) is 5.69 Å². The molecule has 0 amide bonds. The molecule has 0 aliphatic heterocycles. The second-order valence-electron chi connectivity index (χ2n) is 3.38. The van der Waals surface area contributed by atoms with Crippen molar-refractivity contribution in [3.63, 3.8) is 0 Å². The first-order chi connectivity index (χ1) is 6.70. The molecule has 1 heterocycles. The van der Waals surface area contributed by atoms with Gasteiger partial charge in [0.15, 0.2) is 4.77 Å². The van der Waals surface area contributed by atoms with E-state index in [1.54, 1.807) is 0 Å². The van der Waals surface area contributed by atoms with Crippen LogP contribution in [0.4, 0.5) is 0 Å². The Morgan fingerprint density at radius 1 is 1.21 bits per heavy atom. The molecular weight excluding hydrogens is 192 g/mol. The van der Waals surface area contributed by atoms with E-state index in [1.807, 2.05) is 17.0 Å². The first-order valence-electron chi connectivity index (χ1n) is 4.53. The molecule has 2 rings (SSSR count). The lowest BCUT2D eigenvalue weighted by Crippen LogP contribution is -1.98. The summed E-state index contributed by atoms with van der Waals surface area (Å²) in [5.74, 6) is 0. The number of hydrogen-bond donors (Lipinski definition) is 1. The van der Waals surface area contributed by atoms with Gasteiger partial charge in [0.1, 0.15) is 0 Å². The van der Waals surface area contributed by atoms with Crippen LogP contribution in [-0.4, -0.2) is 9.55 Å². The van der Waals surface area contributed by atoms with E-state index in [0.717, 1.165) is 4.77 Å². The van der Waals surface area contributed by atoms with Crippen molar-refractivity contribution in [1.29, 1.82) is 0 Å². The topological polar surface area (TPSA) is 20.7 Å². The van der Waals surface area contributed by atoms with Gasteiger partial charge in [0.2, 0.25) is 0 Å². The Bertz CT molecular complexity index is 488. The number of aromatic nitrogens is 2. The first-order valence-corrected chi connectivity index (χ1v) is 4.93. The summed E-state index contributed by atoms with van der Waals surface area (Å²) in [4.78, 5) is 3.00. The zero-order chi connectivity index (χ0) is 10.1. The molecular formula is C11H12N2S. The second-order valence-corrected chi connectivity index (χ2v) is 3.76. The lowest BCUT2D eigenvalue weighted by molar-refractivity contribution is 1.00. The van der Waals surface area contributed by atoms with Crippen LogP contribution in [0.2, 0.25) is 0 Å². The summed E-state index contributed by atoms with van der Waals surface area (Å²) in [7, 11) is 0. The van der Waals surface area contributed by atoms with Crippen LogP contribution in [0.3, 0.4) is 0 Å². The van der Waals surface area contributed by atoms with E-state index >= 15 is 0 Å². The SMILES string of the molecule is Cc1cccc(C)c1-n1cc[nH]c1=S. The molecule has 0 saturated carbocycles. The summed E-state index contributed by atoms with van der Waals surface area (Å²) in [6, 6.07) is 6.25. The quantitative estimate of drug-likeness (QED) is 0.708. The maximum atomic E-state index is 5.19. The highest BCUT2D eigenvalue weighted by molar-refractivity contribution is 7.71. The number of aromatic amines is 1. The second kappa shape index (κ2) is 3.42. The number of H-pyrrole nitrogens is 1. The Kier molecular flexibility index (Phi) is 2.25. The standard InChI is InChI=1S/C11H12N2S/c1-8-4-3-5-9(2)10(8)13-7-6-12-11(13)14/h3-7H,1-2H3,(H,12,14). The molecule has 0 unspecified atom stereocenters. The molecule has 2 nitrogen and oxygen atoms in total. The summed E-state index contributed by atoms with van der Waals surface area (Å²) in [5, 5.41) is 0. The monoisotopic (exact) mass is 204 g/mol. The minimum atomic E-state index is 0.738. The summed E-state index contributed by atoms with van der Waals surface area (Å²) in [6.07, 6.45) is 3.81. The molecule has 0 radical (unpaired) electrons. The zero-order valence-corrected chi connectivity index (χ0v) is 9.06. The van der Waals surface area contributed by atoms with Crippen LogP contribution in [0.5, 0.6) is 0 Å². The molecule has 0 spiro atoms. The van der Waals surface area contributed by atoms with E-state index in [1.165, 1.54) is 16.8 Å². The fourth-order valence-corrected chi connectivity index (χ4v) is 1.90. The van der Waals surface area contributed by atoms with E-state index in [0.29, 0.717) is 0 Å². The van der Waals surface area contributed by atoms with Gasteiger partial charge in [-0.15, -0.1) is 0 Å². The van der Waals surface area contributed by atoms with Crippen molar-refractivity contribution in [1.82, 2.24) is 9.55 Å². The third kappa shape index (κ3) is 1.40. The van der Waals surface area contributed by atoms with Crippen molar-refractivity contribution in [2.45, 2.75) is 13.8 Å². The molecule has 0 bridgehead atoms. The normalized spacial score (nSPS) is 10.4. The van der Waals surface area contributed by atoms with Crippen molar-refractivity contribution in [3.05, 3.63) is 46.5 Å². The highest BCUT2D eigenvalue weighted by atomic mass is 32.1. The molecule has 72 valence electrons. The van der Waals surface area contributed by atoms with Crippen molar-refractivity contribution in [2.75, 3.05) is 0 Å². The molecule has 14 heavy (non-hydrogen) atoms. The van der Waals surface area contributed by atoms with Gasteiger partial charge in [-0.05, 0) is 37.2 Å². The fourth-order valence-electron chi connectivity index (χ4n) is 1.68.